The van der Waals surface area contributed by atoms with Crippen molar-refractivity contribution in [1.29, 1.82) is 0 Å². The molecule has 2 aliphatic rings. The van der Waals surface area contributed by atoms with Crippen molar-refractivity contribution in [1.82, 2.24) is 9.62 Å². The van der Waals surface area contributed by atoms with E-state index in [-0.39, 0.29) is 4.90 Å². The van der Waals surface area contributed by atoms with Crippen molar-refractivity contribution in [2.24, 2.45) is 11.8 Å². The first-order chi connectivity index (χ1) is 8.96. The molecule has 2 heterocycles. The van der Waals surface area contributed by atoms with Crippen LogP contribution >= 0.6 is 0 Å². The number of nitrogens with zero attached hydrogens (tertiary/aromatic N) is 1. The van der Waals surface area contributed by atoms with Crippen molar-refractivity contribution in [3.05, 3.63) is 29.8 Å². The van der Waals surface area contributed by atoms with E-state index in [0.717, 1.165) is 25.2 Å². The van der Waals surface area contributed by atoms with E-state index in [2.05, 4.69) is 5.32 Å². The van der Waals surface area contributed by atoms with E-state index in [4.69, 9.17) is 0 Å². The molecule has 3 rings (SSSR count). The normalized spacial score (nSPS) is 27.7. The third-order valence-electron chi connectivity index (χ3n) is 3.83. The zero-order valence-electron chi connectivity index (χ0n) is 10.1. The maximum Gasteiger partial charge on any atom is 0.243 e. The standard InChI is InChI=1S/C12H14F2N2O2S/c13-10-1-11(14)3-12(2-10)19(17,18)16-6-8-4-15-5-9(8)7-16/h1-3,8-9,15H,4-7H2/t8-,9+. The molecule has 1 aromatic carbocycles. The van der Waals surface area contributed by atoms with E-state index in [0.29, 0.717) is 31.0 Å². The maximum atomic E-state index is 13.1. The second kappa shape index (κ2) is 4.50. The van der Waals surface area contributed by atoms with E-state index in [1.807, 2.05) is 0 Å². The summed E-state index contributed by atoms with van der Waals surface area (Å²) in [5, 5.41) is 3.21. The van der Waals surface area contributed by atoms with Crippen molar-refractivity contribution < 1.29 is 17.2 Å². The number of nitrogens with one attached hydrogen (secondary N) is 1. The summed E-state index contributed by atoms with van der Waals surface area (Å²) in [5.41, 5.74) is 0. The first-order valence-corrected chi connectivity index (χ1v) is 7.58. The predicted octanol–water partition coefficient (Wildman–Crippen LogP) is 0.805. The van der Waals surface area contributed by atoms with E-state index < -0.39 is 21.7 Å². The summed E-state index contributed by atoms with van der Waals surface area (Å²) in [6.45, 7) is 2.43. The molecule has 4 nitrogen and oxygen atoms in total. The summed E-state index contributed by atoms with van der Waals surface area (Å²) >= 11 is 0. The zero-order valence-corrected chi connectivity index (χ0v) is 11.0. The van der Waals surface area contributed by atoms with Crippen LogP contribution in [0.15, 0.2) is 23.1 Å². The second-order valence-corrected chi connectivity index (χ2v) is 7.04. The Morgan fingerprint density at radius 3 is 2.11 bits per heavy atom. The summed E-state index contributed by atoms with van der Waals surface area (Å²) in [5.74, 6) is -1.15. The Bertz CT molecular complexity index is 573. The van der Waals surface area contributed by atoms with Gasteiger partial charge in [-0.25, -0.2) is 17.2 Å². The molecule has 104 valence electrons. The number of hydrogen-bond donors (Lipinski definition) is 1. The van der Waals surface area contributed by atoms with Crippen LogP contribution in [0.3, 0.4) is 0 Å². The Hall–Kier alpha value is -1.05. The average Bonchev–Trinajstić information content (AvgIpc) is 2.87. The van der Waals surface area contributed by atoms with Gasteiger partial charge in [0.2, 0.25) is 10.0 Å². The predicted molar refractivity (Wildman–Crippen MR) is 65.0 cm³/mol. The molecule has 0 aliphatic carbocycles. The molecule has 0 unspecified atom stereocenters. The highest BCUT2D eigenvalue weighted by Gasteiger charge is 2.41. The molecular formula is C12H14F2N2O2S. The van der Waals surface area contributed by atoms with Gasteiger partial charge in [-0.2, -0.15) is 4.31 Å². The largest absolute Gasteiger partial charge is 0.316 e. The van der Waals surface area contributed by atoms with Crippen LogP contribution in [0.1, 0.15) is 0 Å². The molecule has 0 amide bonds. The Labute approximate surface area is 110 Å². The second-order valence-electron chi connectivity index (χ2n) is 5.11. The van der Waals surface area contributed by atoms with E-state index >= 15 is 0 Å². The molecule has 1 aromatic rings. The third-order valence-corrected chi connectivity index (χ3v) is 5.64. The lowest BCUT2D eigenvalue weighted by molar-refractivity contribution is 0.446. The van der Waals surface area contributed by atoms with Crippen LogP contribution in [0.2, 0.25) is 0 Å². The van der Waals surface area contributed by atoms with Crippen LogP contribution in [0.5, 0.6) is 0 Å². The number of benzene rings is 1. The van der Waals surface area contributed by atoms with E-state index in [9.17, 15) is 17.2 Å². The molecule has 0 aromatic heterocycles. The van der Waals surface area contributed by atoms with Gasteiger partial charge in [0.05, 0.1) is 4.90 Å². The summed E-state index contributed by atoms with van der Waals surface area (Å²) in [7, 11) is -3.80. The van der Waals surface area contributed by atoms with Crippen molar-refractivity contribution in [2.75, 3.05) is 26.2 Å². The first kappa shape index (κ1) is 13.0. The summed E-state index contributed by atoms with van der Waals surface area (Å²) < 4.78 is 52.3. The van der Waals surface area contributed by atoms with E-state index in [1.165, 1.54) is 4.31 Å². The van der Waals surface area contributed by atoms with Gasteiger partial charge in [0.15, 0.2) is 0 Å². The van der Waals surface area contributed by atoms with Crippen LogP contribution in [0.4, 0.5) is 8.78 Å². The number of hydrogen-bond acceptors (Lipinski definition) is 3. The van der Waals surface area contributed by atoms with Gasteiger partial charge in [0.1, 0.15) is 11.6 Å². The van der Waals surface area contributed by atoms with Gasteiger partial charge in [-0.1, -0.05) is 0 Å². The number of sulfonamides is 1. The smallest absolute Gasteiger partial charge is 0.243 e. The van der Waals surface area contributed by atoms with Gasteiger partial charge >= 0.3 is 0 Å². The summed E-state index contributed by atoms with van der Waals surface area (Å²) in [6, 6.07) is 2.40. The minimum absolute atomic E-state index is 0.299. The van der Waals surface area contributed by atoms with E-state index in [1.54, 1.807) is 0 Å². The molecule has 7 heteroatoms. The van der Waals surface area contributed by atoms with Crippen molar-refractivity contribution in [3.8, 4) is 0 Å². The lowest BCUT2D eigenvalue weighted by Crippen LogP contribution is -2.32. The average molecular weight is 288 g/mol. The van der Waals surface area contributed by atoms with Gasteiger partial charge < -0.3 is 5.32 Å². The molecule has 0 bridgehead atoms. The topological polar surface area (TPSA) is 49.4 Å². The Morgan fingerprint density at radius 2 is 1.58 bits per heavy atom. The Kier molecular flexibility index (Phi) is 3.07. The van der Waals surface area contributed by atoms with Gasteiger partial charge in [0, 0.05) is 19.2 Å². The van der Waals surface area contributed by atoms with Crippen LogP contribution in [0, 0.1) is 23.5 Å². The Balaban J connectivity index is 1.91. The third kappa shape index (κ3) is 2.26. The van der Waals surface area contributed by atoms with Crippen LogP contribution in [-0.2, 0) is 10.0 Å². The summed E-state index contributed by atoms with van der Waals surface area (Å²) in [6.07, 6.45) is 0. The number of rotatable bonds is 2. The zero-order chi connectivity index (χ0) is 13.6. The van der Waals surface area contributed by atoms with Crippen LogP contribution in [-0.4, -0.2) is 38.9 Å². The molecule has 1 N–H and O–H groups in total. The lowest BCUT2D eigenvalue weighted by Gasteiger charge is -2.17. The van der Waals surface area contributed by atoms with Crippen molar-refractivity contribution in [2.45, 2.75) is 4.90 Å². The molecule has 2 saturated heterocycles. The molecule has 2 fully saturated rings. The molecule has 0 saturated carbocycles. The molecule has 0 radical (unpaired) electrons. The fourth-order valence-electron chi connectivity index (χ4n) is 2.84. The fraction of sp³-hybridized carbons (Fsp3) is 0.500. The maximum absolute atomic E-state index is 13.1. The monoisotopic (exact) mass is 288 g/mol. The highest BCUT2D eigenvalue weighted by molar-refractivity contribution is 7.89. The molecule has 19 heavy (non-hydrogen) atoms. The van der Waals surface area contributed by atoms with Crippen molar-refractivity contribution in [3.63, 3.8) is 0 Å². The Morgan fingerprint density at radius 1 is 1.05 bits per heavy atom. The molecular weight excluding hydrogens is 274 g/mol. The molecule has 2 atom stereocenters. The van der Waals surface area contributed by atoms with Gasteiger partial charge in [-0.05, 0) is 37.1 Å². The van der Waals surface area contributed by atoms with Crippen molar-refractivity contribution >= 4 is 10.0 Å². The first-order valence-electron chi connectivity index (χ1n) is 6.14. The molecule has 2 aliphatic heterocycles. The summed E-state index contributed by atoms with van der Waals surface area (Å²) in [4.78, 5) is -0.307. The fourth-order valence-corrected chi connectivity index (χ4v) is 4.43. The van der Waals surface area contributed by atoms with Gasteiger partial charge in [-0.3, -0.25) is 0 Å². The van der Waals surface area contributed by atoms with Crippen LogP contribution in [0.25, 0.3) is 0 Å². The minimum atomic E-state index is -3.80. The lowest BCUT2D eigenvalue weighted by atomic mass is 10.0. The highest BCUT2D eigenvalue weighted by atomic mass is 32.2. The minimum Gasteiger partial charge on any atom is -0.316 e. The highest BCUT2D eigenvalue weighted by Crippen LogP contribution is 2.31. The van der Waals surface area contributed by atoms with Crippen LogP contribution < -0.4 is 5.32 Å². The quantitative estimate of drug-likeness (QED) is 0.876. The van der Waals surface area contributed by atoms with Gasteiger partial charge in [0.25, 0.3) is 0 Å². The number of halogens is 2. The molecule has 0 spiro atoms. The number of fused-ring (bicyclic) bond motifs is 1. The SMILES string of the molecule is O=S(=O)(c1cc(F)cc(F)c1)N1C[C@H]2CNC[C@H]2C1. The van der Waals surface area contributed by atoms with Gasteiger partial charge in [-0.15, -0.1) is 0 Å².